The minimum absolute atomic E-state index is 0. The molecule has 0 spiro atoms. The number of nitrogens with one attached hydrogen (secondary N) is 1. The number of nitrogens with zero attached hydrogens (tertiary/aromatic N) is 2. The summed E-state index contributed by atoms with van der Waals surface area (Å²) >= 11 is 0. The van der Waals surface area contributed by atoms with Gasteiger partial charge in [-0.3, -0.25) is 0 Å². The minimum Gasteiger partial charge on any atom is -0.493 e. The lowest BCUT2D eigenvalue weighted by Crippen LogP contribution is -2.38. The summed E-state index contributed by atoms with van der Waals surface area (Å²) in [5, 5.41) is 3.21. The van der Waals surface area contributed by atoms with Crippen molar-refractivity contribution < 1.29 is 9.47 Å². The Bertz CT molecular complexity index is 723. The Morgan fingerprint density at radius 1 is 1.07 bits per heavy atom. The average molecular weight is 484 g/mol. The van der Waals surface area contributed by atoms with Crippen LogP contribution in [0.25, 0.3) is 0 Å². The van der Waals surface area contributed by atoms with E-state index in [0.29, 0.717) is 30.5 Å². The van der Waals surface area contributed by atoms with E-state index in [4.69, 9.17) is 15.2 Å². The maximum absolute atomic E-state index is 6.04. The quantitative estimate of drug-likeness (QED) is 0.343. The van der Waals surface area contributed by atoms with E-state index in [9.17, 15) is 0 Å². The lowest BCUT2D eigenvalue weighted by atomic mass is 10.1. The van der Waals surface area contributed by atoms with Gasteiger partial charge in [-0.05, 0) is 37.4 Å². The maximum atomic E-state index is 6.04. The summed E-state index contributed by atoms with van der Waals surface area (Å²) in [5.74, 6) is 1.80. The van der Waals surface area contributed by atoms with E-state index < -0.39 is 0 Å². The zero-order valence-corrected chi connectivity index (χ0v) is 18.6. The Balaban J connectivity index is 0.00000364. The second-order valence-corrected chi connectivity index (χ2v) is 6.16. The molecule has 148 valence electrons. The smallest absolute Gasteiger partial charge is 0.188 e. The number of methoxy groups -OCH3 is 2. The molecule has 7 heteroatoms. The fourth-order valence-corrected chi connectivity index (χ4v) is 2.69. The first-order valence-electron chi connectivity index (χ1n) is 8.51. The van der Waals surface area contributed by atoms with Gasteiger partial charge in [-0.25, -0.2) is 4.99 Å². The zero-order chi connectivity index (χ0) is 18.9. The molecule has 0 aromatic heterocycles. The first-order valence-corrected chi connectivity index (χ1v) is 8.51. The van der Waals surface area contributed by atoms with Gasteiger partial charge in [0.15, 0.2) is 17.5 Å². The third-order valence-electron chi connectivity index (χ3n) is 4.16. The molecule has 0 fully saturated rings. The number of hydrogen-bond acceptors (Lipinski definition) is 4. The predicted molar refractivity (Wildman–Crippen MR) is 121 cm³/mol. The van der Waals surface area contributed by atoms with Crippen LogP contribution in [0.15, 0.2) is 53.5 Å². The first-order chi connectivity index (χ1) is 12.5. The van der Waals surface area contributed by atoms with Crippen molar-refractivity contribution in [1.29, 1.82) is 0 Å². The van der Waals surface area contributed by atoms with E-state index in [2.05, 4.69) is 41.4 Å². The zero-order valence-electron chi connectivity index (χ0n) is 16.3. The van der Waals surface area contributed by atoms with Crippen molar-refractivity contribution in [3.05, 3.63) is 59.7 Å². The summed E-state index contributed by atoms with van der Waals surface area (Å²) in [6, 6.07) is 16.3. The normalized spacial score (nSPS) is 12.3. The summed E-state index contributed by atoms with van der Waals surface area (Å²) in [6.07, 6.45) is 0. The van der Waals surface area contributed by atoms with Crippen LogP contribution in [-0.4, -0.2) is 45.7 Å². The molecule has 0 saturated heterocycles. The van der Waals surface area contributed by atoms with Gasteiger partial charge in [-0.2, -0.15) is 0 Å². The van der Waals surface area contributed by atoms with E-state index in [-0.39, 0.29) is 30.0 Å². The number of guanidine groups is 1. The third-order valence-corrected chi connectivity index (χ3v) is 4.16. The fourth-order valence-electron chi connectivity index (χ4n) is 2.69. The van der Waals surface area contributed by atoms with Crippen LogP contribution in [-0.2, 0) is 6.54 Å². The SMILES string of the molecule is COc1ccc(CN=C(N)NCC(c2ccccc2)N(C)C)cc1OC.I. The number of benzene rings is 2. The molecule has 0 saturated carbocycles. The molecule has 0 amide bonds. The van der Waals surface area contributed by atoms with Gasteiger partial charge in [0.1, 0.15) is 0 Å². The minimum atomic E-state index is 0. The number of halogens is 1. The molecular weight excluding hydrogens is 455 g/mol. The van der Waals surface area contributed by atoms with Crippen LogP contribution in [0.5, 0.6) is 11.5 Å². The highest BCUT2D eigenvalue weighted by Crippen LogP contribution is 2.27. The van der Waals surface area contributed by atoms with Gasteiger partial charge in [0.25, 0.3) is 0 Å². The monoisotopic (exact) mass is 484 g/mol. The first kappa shape index (κ1) is 23.0. The summed E-state index contributed by atoms with van der Waals surface area (Å²) in [6.45, 7) is 1.15. The van der Waals surface area contributed by atoms with E-state index >= 15 is 0 Å². The number of likely N-dealkylation sites (N-methyl/N-ethyl adjacent to an activating group) is 1. The second kappa shape index (κ2) is 11.7. The van der Waals surface area contributed by atoms with Crippen LogP contribution < -0.4 is 20.5 Å². The second-order valence-electron chi connectivity index (χ2n) is 6.16. The highest BCUT2D eigenvalue weighted by molar-refractivity contribution is 14.0. The molecule has 1 unspecified atom stereocenters. The van der Waals surface area contributed by atoms with Crippen LogP contribution >= 0.6 is 24.0 Å². The van der Waals surface area contributed by atoms with Crippen LogP contribution in [0, 0.1) is 0 Å². The molecule has 0 aliphatic carbocycles. The molecule has 27 heavy (non-hydrogen) atoms. The average Bonchev–Trinajstić information content (AvgIpc) is 2.66. The Kier molecular flexibility index (Phi) is 9.95. The summed E-state index contributed by atoms with van der Waals surface area (Å²) in [5.41, 5.74) is 8.27. The van der Waals surface area contributed by atoms with E-state index in [0.717, 1.165) is 5.56 Å². The molecule has 0 aliphatic heterocycles. The van der Waals surface area contributed by atoms with E-state index in [1.807, 2.05) is 36.4 Å². The Hall–Kier alpha value is -2.00. The lowest BCUT2D eigenvalue weighted by Gasteiger charge is -2.25. The Labute approximate surface area is 178 Å². The van der Waals surface area contributed by atoms with Crippen LogP contribution in [0.4, 0.5) is 0 Å². The molecule has 0 bridgehead atoms. The molecular formula is C20H29IN4O2. The summed E-state index contributed by atoms with van der Waals surface area (Å²) in [7, 11) is 7.34. The molecule has 2 rings (SSSR count). The highest BCUT2D eigenvalue weighted by Gasteiger charge is 2.13. The van der Waals surface area contributed by atoms with E-state index in [1.54, 1.807) is 14.2 Å². The van der Waals surface area contributed by atoms with Crippen LogP contribution in [0.2, 0.25) is 0 Å². The van der Waals surface area contributed by atoms with Crippen molar-refractivity contribution in [2.75, 3.05) is 34.9 Å². The topological polar surface area (TPSA) is 72.1 Å². The number of hydrogen-bond donors (Lipinski definition) is 2. The molecule has 2 aromatic carbocycles. The number of aliphatic imine (C=N–C) groups is 1. The largest absolute Gasteiger partial charge is 0.493 e. The summed E-state index contributed by atoms with van der Waals surface area (Å²) in [4.78, 5) is 6.58. The number of nitrogens with two attached hydrogens (primary N) is 1. The van der Waals surface area contributed by atoms with Gasteiger partial charge >= 0.3 is 0 Å². The van der Waals surface area contributed by atoms with Gasteiger partial charge in [0, 0.05) is 6.54 Å². The van der Waals surface area contributed by atoms with E-state index in [1.165, 1.54) is 5.56 Å². The molecule has 0 aliphatic rings. The third kappa shape index (κ3) is 6.91. The van der Waals surface area contributed by atoms with Crippen molar-refractivity contribution in [3.8, 4) is 11.5 Å². The van der Waals surface area contributed by atoms with Crippen LogP contribution in [0.3, 0.4) is 0 Å². The summed E-state index contributed by atoms with van der Waals surface area (Å²) < 4.78 is 10.6. The standard InChI is InChI=1S/C20H28N4O2.HI/c1-24(2)17(16-8-6-5-7-9-16)14-23-20(21)22-13-15-10-11-18(25-3)19(12-15)26-4;/h5-12,17H,13-14H2,1-4H3,(H3,21,22,23);1H. The van der Waals surface area contributed by atoms with Gasteiger partial charge in [-0.15, -0.1) is 24.0 Å². The van der Waals surface area contributed by atoms with Gasteiger partial charge in [0.05, 0.1) is 26.8 Å². The predicted octanol–water partition coefficient (Wildman–Crippen LogP) is 3.03. The Morgan fingerprint density at radius 3 is 2.33 bits per heavy atom. The van der Waals surface area contributed by atoms with Gasteiger partial charge in [-0.1, -0.05) is 36.4 Å². The van der Waals surface area contributed by atoms with Crippen molar-refractivity contribution in [2.45, 2.75) is 12.6 Å². The fraction of sp³-hybridized carbons (Fsp3) is 0.350. The Morgan fingerprint density at radius 2 is 1.74 bits per heavy atom. The van der Waals surface area contributed by atoms with Crippen molar-refractivity contribution in [2.24, 2.45) is 10.7 Å². The lowest BCUT2D eigenvalue weighted by molar-refractivity contribution is 0.298. The molecule has 0 radical (unpaired) electrons. The molecule has 6 nitrogen and oxygen atoms in total. The van der Waals surface area contributed by atoms with Gasteiger partial charge < -0.3 is 25.4 Å². The van der Waals surface area contributed by atoms with Crippen LogP contribution in [0.1, 0.15) is 17.2 Å². The van der Waals surface area contributed by atoms with Gasteiger partial charge in [0.2, 0.25) is 0 Å². The highest BCUT2D eigenvalue weighted by atomic mass is 127. The van der Waals surface area contributed by atoms with Crippen molar-refractivity contribution >= 4 is 29.9 Å². The maximum Gasteiger partial charge on any atom is 0.188 e. The molecule has 3 N–H and O–H groups in total. The molecule has 1 atom stereocenters. The molecule has 2 aromatic rings. The number of rotatable bonds is 8. The van der Waals surface area contributed by atoms with Crippen molar-refractivity contribution in [1.82, 2.24) is 10.2 Å². The number of ether oxygens (including phenoxy) is 2. The molecule has 0 heterocycles. The van der Waals surface area contributed by atoms with Crippen molar-refractivity contribution in [3.63, 3.8) is 0 Å².